The second kappa shape index (κ2) is 20.6. The van der Waals surface area contributed by atoms with Crippen LogP contribution in [0.2, 0.25) is 0 Å². The summed E-state index contributed by atoms with van der Waals surface area (Å²) in [6.07, 6.45) is 7.55. The van der Waals surface area contributed by atoms with Crippen LogP contribution in [0.25, 0.3) is 17.0 Å². The van der Waals surface area contributed by atoms with E-state index in [1.54, 1.807) is 12.5 Å². The molecule has 302 valence electrons. The molecule has 56 heavy (non-hydrogen) atoms. The number of hydrogen-bond acceptors (Lipinski definition) is 12. The summed E-state index contributed by atoms with van der Waals surface area (Å²) in [7, 11) is 1.45. The van der Waals surface area contributed by atoms with Crippen molar-refractivity contribution in [3.8, 4) is 17.3 Å². The lowest BCUT2D eigenvalue weighted by molar-refractivity contribution is -0.271. The Labute approximate surface area is 329 Å². The zero-order valence-corrected chi connectivity index (χ0v) is 33.7. The van der Waals surface area contributed by atoms with E-state index < -0.39 is 11.8 Å². The van der Waals surface area contributed by atoms with Crippen LogP contribution in [0.5, 0.6) is 5.88 Å². The fourth-order valence-corrected chi connectivity index (χ4v) is 6.13. The molecule has 0 fully saturated rings. The first-order valence-electron chi connectivity index (χ1n) is 19.1. The number of benzene rings is 2. The van der Waals surface area contributed by atoms with Gasteiger partial charge < -0.3 is 35.3 Å². The van der Waals surface area contributed by atoms with E-state index in [4.69, 9.17) is 9.47 Å². The smallest absolute Gasteiger partial charge is 0.310 e. The van der Waals surface area contributed by atoms with E-state index in [0.717, 1.165) is 39.2 Å². The lowest BCUT2D eigenvalue weighted by Gasteiger charge is -2.37. The molecule has 4 heterocycles. The van der Waals surface area contributed by atoms with Crippen molar-refractivity contribution < 1.29 is 29.3 Å². The summed E-state index contributed by atoms with van der Waals surface area (Å²) in [5.74, 6) is -2.03. The Hall–Kier alpha value is -5.19. The van der Waals surface area contributed by atoms with Crippen LogP contribution in [0, 0.1) is 0 Å². The highest BCUT2D eigenvalue weighted by molar-refractivity contribution is 5.84. The van der Waals surface area contributed by atoms with Gasteiger partial charge in [0.05, 0.1) is 17.8 Å². The number of anilines is 2. The first-order valence-corrected chi connectivity index (χ1v) is 19.1. The Bertz CT molecular complexity index is 1870. The fourth-order valence-electron chi connectivity index (χ4n) is 6.13. The van der Waals surface area contributed by atoms with E-state index in [0.29, 0.717) is 50.6 Å². The predicted molar refractivity (Wildman–Crippen MR) is 217 cm³/mol. The number of carbonyl (C=O) groups is 2. The van der Waals surface area contributed by atoms with Crippen LogP contribution in [-0.4, -0.2) is 97.6 Å². The number of hydrazine groups is 1. The third kappa shape index (κ3) is 11.0. The monoisotopic (exact) mass is 771 g/mol. The summed E-state index contributed by atoms with van der Waals surface area (Å²) in [5.41, 5.74) is 13.3. The highest BCUT2D eigenvalue weighted by atomic mass is 16.6. The third-order valence-electron chi connectivity index (χ3n) is 8.94. The number of rotatable bonds is 14. The van der Waals surface area contributed by atoms with Crippen molar-refractivity contribution in [3.63, 3.8) is 0 Å². The molecule has 0 saturated heterocycles. The number of methoxy groups -OCH3 is 1. The standard InChI is InChI=1S/C23H33N5O4.C16H18N4O2.C2H6/c1-5-12-27(16-32-4)23(30,31)22(29)26-13-10-19(11-14-26)18-6-8-20(9-7-18)21-24-15-28(25-21)17(2)3;1-10(2)22-15-6-3-11(8-17-15)16-13-7-12(18-9-21)4-5-14(13)19-20-16;1-2/h6-10,15,17,30-31H,5,11-14,16H2,1-4H3;3-10,16,19-20H,1-2H3,(H,18,21);1-2H3. The maximum absolute atomic E-state index is 12.8. The molecule has 1 unspecified atom stereocenters. The maximum atomic E-state index is 12.8. The summed E-state index contributed by atoms with van der Waals surface area (Å²) in [6, 6.07) is 17.8. The SMILES string of the molecule is CC.CC(C)Oc1ccc(C2NNc3ccc(NC=O)cc32)cn1.CCCN(COC)C(O)(O)C(=O)N1CC=C(c2ccc(-c3ncn(C(C)C)n3)cc2)CC1. The van der Waals surface area contributed by atoms with Crippen LogP contribution in [0.15, 0.2) is 73.2 Å². The van der Waals surface area contributed by atoms with E-state index >= 15 is 0 Å². The second-order valence-electron chi connectivity index (χ2n) is 13.6. The molecule has 4 aromatic rings. The van der Waals surface area contributed by atoms with Gasteiger partial charge in [-0.15, -0.1) is 0 Å². The van der Waals surface area contributed by atoms with Gasteiger partial charge in [0.2, 0.25) is 12.3 Å². The summed E-state index contributed by atoms with van der Waals surface area (Å²) < 4.78 is 12.4. The minimum Gasteiger partial charge on any atom is -0.475 e. The van der Waals surface area contributed by atoms with Gasteiger partial charge in [0.25, 0.3) is 5.91 Å². The number of hydrogen-bond donors (Lipinski definition) is 5. The topological polar surface area (TPSA) is 179 Å². The molecule has 0 aliphatic carbocycles. The third-order valence-corrected chi connectivity index (χ3v) is 8.94. The number of aliphatic hydroxyl groups is 2. The predicted octanol–water partition coefficient (Wildman–Crippen LogP) is 5.58. The van der Waals surface area contributed by atoms with Crippen LogP contribution in [-0.2, 0) is 14.3 Å². The molecule has 0 spiro atoms. The van der Waals surface area contributed by atoms with E-state index in [9.17, 15) is 19.8 Å². The molecule has 15 nitrogen and oxygen atoms in total. The summed E-state index contributed by atoms with van der Waals surface area (Å²) in [6.45, 7) is 15.0. The zero-order chi connectivity index (χ0) is 40.8. The number of amides is 2. The Morgan fingerprint density at radius 1 is 1.07 bits per heavy atom. The van der Waals surface area contributed by atoms with Crippen molar-refractivity contribution in [1.82, 2.24) is 35.0 Å². The van der Waals surface area contributed by atoms with Gasteiger partial charge in [-0.25, -0.2) is 25.0 Å². The average Bonchev–Trinajstić information content (AvgIpc) is 3.88. The van der Waals surface area contributed by atoms with Crippen LogP contribution >= 0.6 is 0 Å². The van der Waals surface area contributed by atoms with Crippen LogP contribution in [0.4, 0.5) is 11.4 Å². The summed E-state index contributed by atoms with van der Waals surface area (Å²) in [5, 5.41) is 28.2. The normalized spacial score (nSPS) is 14.9. The first-order chi connectivity index (χ1) is 26.9. The van der Waals surface area contributed by atoms with Gasteiger partial charge in [-0.05, 0) is 75.4 Å². The van der Waals surface area contributed by atoms with Gasteiger partial charge in [0.1, 0.15) is 13.1 Å². The molecule has 2 aromatic carbocycles. The first kappa shape index (κ1) is 43.5. The molecule has 0 radical (unpaired) electrons. The van der Waals surface area contributed by atoms with Crippen molar-refractivity contribution in [2.75, 3.05) is 44.2 Å². The minimum atomic E-state index is -2.59. The number of nitrogens with one attached hydrogen (secondary N) is 3. The van der Waals surface area contributed by atoms with Gasteiger partial charge in [-0.3, -0.25) is 9.59 Å². The van der Waals surface area contributed by atoms with Crippen LogP contribution < -0.4 is 20.9 Å². The molecular weight excluding hydrogens is 715 g/mol. The molecule has 2 amide bonds. The van der Waals surface area contributed by atoms with E-state index in [2.05, 4.69) is 45.1 Å². The Kier molecular flexibility index (Phi) is 16.1. The number of ether oxygens (including phenoxy) is 2. The molecule has 1 atom stereocenters. The lowest BCUT2D eigenvalue weighted by atomic mass is 9.98. The maximum Gasteiger partial charge on any atom is 0.310 e. The highest BCUT2D eigenvalue weighted by Crippen LogP contribution is 2.35. The van der Waals surface area contributed by atoms with Crippen molar-refractivity contribution in [2.24, 2.45) is 0 Å². The molecule has 2 aromatic heterocycles. The van der Waals surface area contributed by atoms with E-state index in [1.165, 1.54) is 16.9 Å². The van der Waals surface area contributed by atoms with Gasteiger partial charge in [0.15, 0.2) is 5.82 Å². The molecule has 5 N–H and O–H groups in total. The number of aromatic nitrogens is 4. The average molecular weight is 772 g/mol. The van der Waals surface area contributed by atoms with Gasteiger partial charge in [-0.2, -0.15) is 5.10 Å². The van der Waals surface area contributed by atoms with Crippen molar-refractivity contribution >= 4 is 29.3 Å². The zero-order valence-electron chi connectivity index (χ0n) is 33.7. The number of nitrogens with zero attached hydrogens (tertiary/aromatic N) is 6. The van der Waals surface area contributed by atoms with Crippen molar-refractivity contribution in [1.29, 1.82) is 0 Å². The van der Waals surface area contributed by atoms with Gasteiger partial charge in [-0.1, -0.05) is 57.2 Å². The minimum absolute atomic E-state index is 0.0241. The Morgan fingerprint density at radius 3 is 2.38 bits per heavy atom. The molecule has 6 rings (SSSR count). The molecular formula is C41H57N9O6. The molecule has 15 heteroatoms. The summed E-state index contributed by atoms with van der Waals surface area (Å²) in [4.78, 5) is 34.8. The fraction of sp³-hybridized carbons (Fsp3) is 0.439. The number of pyridine rings is 1. The molecule has 2 aliphatic heterocycles. The second-order valence-corrected chi connectivity index (χ2v) is 13.6. The van der Waals surface area contributed by atoms with Crippen LogP contribution in [0.3, 0.4) is 0 Å². The Morgan fingerprint density at radius 2 is 1.80 bits per heavy atom. The number of fused-ring (bicyclic) bond motifs is 1. The van der Waals surface area contributed by atoms with Gasteiger partial charge in [0, 0.05) is 61.9 Å². The van der Waals surface area contributed by atoms with E-state index in [-0.39, 0.29) is 24.9 Å². The molecule has 0 bridgehead atoms. The number of carbonyl (C=O) groups excluding carboxylic acids is 2. The highest BCUT2D eigenvalue weighted by Gasteiger charge is 2.43. The summed E-state index contributed by atoms with van der Waals surface area (Å²) >= 11 is 0. The van der Waals surface area contributed by atoms with Crippen molar-refractivity contribution in [2.45, 2.75) is 85.4 Å². The largest absolute Gasteiger partial charge is 0.475 e. The molecule has 2 aliphatic rings. The molecule has 0 saturated carbocycles. The van der Waals surface area contributed by atoms with Crippen LogP contribution in [0.1, 0.15) is 90.1 Å². The van der Waals surface area contributed by atoms with Crippen molar-refractivity contribution in [3.05, 3.63) is 89.9 Å². The lowest BCUT2D eigenvalue weighted by Crippen LogP contribution is -2.61. The van der Waals surface area contributed by atoms with E-state index in [1.807, 2.05) is 100.0 Å². The van der Waals surface area contributed by atoms with Gasteiger partial charge >= 0.3 is 5.91 Å². The Balaban J connectivity index is 0.000000253. The quantitative estimate of drug-likeness (QED) is 0.0796.